The van der Waals surface area contributed by atoms with Crippen molar-refractivity contribution >= 4 is 11.6 Å². The molecule has 1 aliphatic heterocycles. The SMILES string of the molecule is COc1nccc(OCC2(CO)CNC2)c1-c1cc(Nc2cnc(C#N)cn2)n[nH]1. The van der Waals surface area contributed by atoms with Crippen LogP contribution in [0.25, 0.3) is 11.3 Å². The Morgan fingerprint density at radius 2 is 2.13 bits per heavy atom. The van der Waals surface area contributed by atoms with Gasteiger partial charge in [-0.25, -0.2) is 15.0 Å². The van der Waals surface area contributed by atoms with Crippen LogP contribution in [0.2, 0.25) is 0 Å². The summed E-state index contributed by atoms with van der Waals surface area (Å²) in [6.45, 7) is 1.80. The summed E-state index contributed by atoms with van der Waals surface area (Å²) >= 11 is 0. The fourth-order valence-electron chi connectivity index (χ4n) is 3.01. The molecule has 4 N–H and O–H groups in total. The van der Waals surface area contributed by atoms with Crippen LogP contribution in [-0.2, 0) is 0 Å². The summed E-state index contributed by atoms with van der Waals surface area (Å²) in [6, 6.07) is 5.43. The van der Waals surface area contributed by atoms with Crippen LogP contribution in [0.5, 0.6) is 11.6 Å². The van der Waals surface area contributed by atoms with Gasteiger partial charge in [-0.3, -0.25) is 5.10 Å². The topological polar surface area (TPSA) is 154 Å². The highest BCUT2D eigenvalue weighted by molar-refractivity contribution is 5.74. The molecule has 1 fully saturated rings. The van der Waals surface area contributed by atoms with E-state index in [1.54, 1.807) is 18.3 Å². The van der Waals surface area contributed by atoms with Gasteiger partial charge in [0.25, 0.3) is 0 Å². The summed E-state index contributed by atoms with van der Waals surface area (Å²) in [4.78, 5) is 12.3. The van der Waals surface area contributed by atoms with Gasteiger partial charge in [0.15, 0.2) is 11.5 Å². The minimum absolute atomic E-state index is 0.0430. The van der Waals surface area contributed by atoms with Crippen LogP contribution in [0.1, 0.15) is 5.69 Å². The summed E-state index contributed by atoms with van der Waals surface area (Å²) in [5, 5.41) is 31.8. The van der Waals surface area contributed by atoms with Gasteiger partial charge < -0.3 is 25.2 Å². The zero-order valence-electron chi connectivity index (χ0n) is 16.2. The predicted octanol–water partition coefficient (Wildman–Crippen LogP) is 0.846. The van der Waals surface area contributed by atoms with Gasteiger partial charge in [0.1, 0.15) is 23.2 Å². The molecule has 0 saturated carbocycles. The van der Waals surface area contributed by atoms with Crippen molar-refractivity contribution in [2.75, 3.05) is 38.7 Å². The van der Waals surface area contributed by atoms with Gasteiger partial charge in [0, 0.05) is 25.4 Å². The van der Waals surface area contributed by atoms with Crippen LogP contribution >= 0.6 is 0 Å². The van der Waals surface area contributed by atoms with E-state index in [4.69, 9.17) is 14.7 Å². The minimum atomic E-state index is -0.289. The van der Waals surface area contributed by atoms with Gasteiger partial charge in [-0.15, -0.1) is 0 Å². The molecule has 3 aromatic heterocycles. The van der Waals surface area contributed by atoms with E-state index in [1.165, 1.54) is 19.5 Å². The number of hydrogen-bond acceptors (Lipinski definition) is 10. The largest absolute Gasteiger partial charge is 0.492 e. The first kappa shape index (κ1) is 19.6. The quantitative estimate of drug-likeness (QED) is 0.421. The number of nitrogens with one attached hydrogen (secondary N) is 3. The number of aliphatic hydroxyl groups is 1. The third-order valence-corrected chi connectivity index (χ3v) is 4.81. The van der Waals surface area contributed by atoms with Crippen molar-refractivity contribution in [3.8, 4) is 29.0 Å². The number of rotatable bonds is 8. The number of nitriles is 1. The molecule has 4 rings (SSSR count). The lowest BCUT2D eigenvalue weighted by Crippen LogP contribution is -2.58. The number of aliphatic hydroxyl groups excluding tert-OH is 1. The minimum Gasteiger partial charge on any atom is -0.492 e. The van der Waals surface area contributed by atoms with E-state index in [0.717, 1.165) is 0 Å². The fraction of sp³-hybridized carbons (Fsp3) is 0.316. The van der Waals surface area contributed by atoms with Gasteiger partial charge in [-0.2, -0.15) is 10.4 Å². The van der Waals surface area contributed by atoms with E-state index < -0.39 is 0 Å². The van der Waals surface area contributed by atoms with E-state index in [1.807, 2.05) is 6.07 Å². The molecule has 30 heavy (non-hydrogen) atoms. The van der Waals surface area contributed by atoms with Crippen molar-refractivity contribution in [1.82, 2.24) is 30.5 Å². The Kier molecular flexibility index (Phi) is 5.42. The molecular formula is C19H20N8O3. The second kappa shape index (κ2) is 8.32. The van der Waals surface area contributed by atoms with Crippen molar-refractivity contribution < 1.29 is 14.6 Å². The van der Waals surface area contributed by atoms with Crippen molar-refractivity contribution in [1.29, 1.82) is 5.26 Å². The summed E-state index contributed by atoms with van der Waals surface area (Å²) in [7, 11) is 1.53. The van der Waals surface area contributed by atoms with Crippen molar-refractivity contribution in [2.24, 2.45) is 5.41 Å². The zero-order chi connectivity index (χ0) is 21.0. The first-order chi connectivity index (χ1) is 14.7. The number of H-pyrrole nitrogens is 1. The molecule has 3 aromatic rings. The molecule has 0 unspecified atom stereocenters. The lowest BCUT2D eigenvalue weighted by atomic mass is 9.84. The number of anilines is 2. The van der Waals surface area contributed by atoms with Crippen molar-refractivity contribution in [3.63, 3.8) is 0 Å². The Labute approximate surface area is 172 Å². The summed E-state index contributed by atoms with van der Waals surface area (Å²) < 4.78 is 11.5. The van der Waals surface area contributed by atoms with E-state index in [9.17, 15) is 5.11 Å². The van der Waals surface area contributed by atoms with Gasteiger partial charge in [-0.05, 0) is 6.07 Å². The number of methoxy groups -OCH3 is 1. The van der Waals surface area contributed by atoms with Crippen molar-refractivity contribution in [2.45, 2.75) is 0 Å². The average molecular weight is 408 g/mol. The normalized spacial score (nSPS) is 14.4. The molecule has 0 aliphatic carbocycles. The number of nitrogens with zero attached hydrogens (tertiary/aromatic N) is 5. The number of ether oxygens (including phenoxy) is 2. The molecule has 0 atom stereocenters. The number of pyridine rings is 1. The molecule has 0 amide bonds. The summed E-state index contributed by atoms with van der Waals surface area (Å²) in [5.74, 6) is 1.89. The standard InChI is InChI=1S/C19H20N8O3/c1-29-18-17(14(2-3-22-18)30-11-19(10-28)8-21-9-19)13-4-15(27-26-13)25-16-7-23-12(5-20)6-24-16/h2-4,6-7,21,28H,8-11H2,1H3,(H2,24,25,26,27). The molecule has 154 valence electrons. The maximum absolute atomic E-state index is 9.67. The van der Waals surface area contributed by atoms with Gasteiger partial charge in [0.05, 0.1) is 43.8 Å². The van der Waals surface area contributed by atoms with E-state index in [0.29, 0.717) is 54.2 Å². The monoisotopic (exact) mass is 408 g/mol. The highest BCUT2D eigenvalue weighted by Crippen LogP contribution is 2.37. The summed E-state index contributed by atoms with van der Waals surface area (Å²) in [6.07, 6.45) is 4.43. The Morgan fingerprint density at radius 3 is 2.77 bits per heavy atom. The molecule has 1 aliphatic rings. The molecule has 0 aromatic carbocycles. The molecular weight excluding hydrogens is 388 g/mol. The van der Waals surface area contributed by atoms with E-state index in [-0.39, 0.29) is 17.7 Å². The molecule has 11 heteroatoms. The van der Waals surface area contributed by atoms with Gasteiger partial charge in [-0.1, -0.05) is 0 Å². The molecule has 0 radical (unpaired) electrons. The molecule has 1 saturated heterocycles. The van der Waals surface area contributed by atoms with Crippen LogP contribution in [0.3, 0.4) is 0 Å². The number of aromatic amines is 1. The molecule has 4 heterocycles. The average Bonchev–Trinajstić information content (AvgIpc) is 3.21. The maximum Gasteiger partial charge on any atom is 0.226 e. The summed E-state index contributed by atoms with van der Waals surface area (Å²) in [5.41, 5.74) is 1.19. The molecule has 0 bridgehead atoms. The highest BCUT2D eigenvalue weighted by Gasteiger charge is 2.37. The van der Waals surface area contributed by atoms with E-state index >= 15 is 0 Å². The second-order valence-corrected chi connectivity index (χ2v) is 6.93. The maximum atomic E-state index is 9.67. The fourth-order valence-corrected chi connectivity index (χ4v) is 3.01. The first-order valence-electron chi connectivity index (χ1n) is 9.19. The lowest BCUT2D eigenvalue weighted by molar-refractivity contribution is 0.0213. The van der Waals surface area contributed by atoms with E-state index in [2.05, 4.69) is 35.8 Å². The van der Waals surface area contributed by atoms with Gasteiger partial charge in [0.2, 0.25) is 5.88 Å². The predicted molar refractivity (Wildman–Crippen MR) is 106 cm³/mol. The Morgan fingerprint density at radius 1 is 1.27 bits per heavy atom. The van der Waals surface area contributed by atoms with Crippen LogP contribution in [0.4, 0.5) is 11.6 Å². The number of aromatic nitrogens is 5. The molecule has 0 spiro atoms. The highest BCUT2D eigenvalue weighted by atomic mass is 16.5. The van der Waals surface area contributed by atoms with Crippen LogP contribution in [0, 0.1) is 16.7 Å². The van der Waals surface area contributed by atoms with Crippen LogP contribution < -0.4 is 20.1 Å². The van der Waals surface area contributed by atoms with Crippen molar-refractivity contribution in [3.05, 3.63) is 36.4 Å². The van der Waals surface area contributed by atoms with Crippen LogP contribution in [-0.4, -0.2) is 63.7 Å². The number of hydrogen-bond donors (Lipinski definition) is 4. The Hall–Kier alpha value is -3.75. The zero-order valence-corrected chi connectivity index (χ0v) is 16.2. The second-order valence-electron chi connectivity index (χ2n) is 6.93. The smallest absolute Gasteiger partial charge is 0.226 e. The first-order valence-corrected chi connectivity index (χ1v) is 9.19. The van der Waals surface area contributed by atoms with Crippen LogP contribution in [0.15, 0.2) is 30.7 Å². The molecule has 11 nitrogen and oxygen atoms in total. The Bertz CT molecular complexity index is 1050. The third-order valence-electron chi connectivity index (χ3n) is 4.81. The van der Waals surface area contributed by atoms with Gasteiger partial charge >= 0.3 is 0 Å². The third kappa shape index (κ3) is 3.86. The lowest BCUT2D eigenvalue weighted by Gasteiger charge is -2.40. The Balaban J connectivity index is 1.57.